The van der Waals surface area contributed by atoms with Crippen LogP contribution in [0.1, 0.15) is 48.9 Å². The van der Waals surface area contributed by atoms with E-state index < -0.39 is 0 Å². The second-order valence-electron chi connectivity index (χ2n) is 7.87. The number of amides is 2. The normalized spacial score (nSPS) is 19.3. The highest BCUT2D eigenvalue weighted by Crippen LogP contribution is 2.27. The molecule has 2 aliphatic rings. The van der Waals surface area contributed by atoms with Crippen molar-refractivity contribution in [3.05, 3.63) is 35.9 Å². The van der Waals surface area contributed by atoms with Crippen LogP contribution >= 0.6 is 24.0 Å². The fourth-order valence-electron chi connectivity index (χ4n) is 4.09. The Balaban J connectivity index is 0.00000320. The quantitative estimate of drug-likeness (QED) is 0.220. The predicted octanol–water partition coefficient (Wildman–Crippen LogP) is 2.38. The van der Waals surface area contributed by atoms with Gasteiger partial charge in [0.2, 0.25) is 5.91 Å². The standard InChI is InChI=1S/C22H33N5O2.HI/c1-23-22(25-14-7-13-24-20(28)17-8-3-2-4-9-17)26-19-12-15-27(16-19)21(29)18-10-5-6-11-18;/h2-4,8-9,18-19H,5-7,10-16H2,1H3,(H,24,28)(H2,23,25,26);1H. The van der Waals surface area contributed by atoms with Gasteiger partial charge in [-0.25, -0.2) is 0 Å². The van der Waals surface area contributed by atoms with E-state index in [4.69, 9.17) is 0 Å². The second-order valence-corrected chi connectivity index (χ2v) is 7.87. The van der Waals surface area contributed by atoms with Crippen LogP contribution in [0, 0.1) is 5.92 Å². The first-order valence-corrected chi connectivity index (χ1v) is 10.8. The van der Waals surface area contributed by atoms with E-state index in [1.54, 1.807) is 7.05 Å². The first-order chi connectivity index (χ1) is 14.2. The van der Waals surface area contributed by atoms with Crippen molar-refractivity contribution >= 4 is 41.8 Å². The molecular weight excluding hydrogens is 493 g/mol. The number of guanidine groups is 1. The molecule has 2 amide bonds. The van der Waals surface area contributed by atoms with Crippen LogP contribution < -0.4 is 16.0 Å². The Morgan fingerprint density at radius 2 is 1.77 bits per heavy atom. The number of benzene rings is 1. The van der Waals surface area contributed by atoms with Crippen molar-refractivity contribution in [1.82, 2.24) is 20.9 Å². The molecule has 8 heteroatoms. The van der Waals surface area contributed by atoms with Crippen LogP contribution in [0.4, 0.5) is 0 Å². The molecule has 1 aromatic carbocycles. The highest BCUT2D eigenvalue weighted by atomic mass is 127. The summed E-state index contributed by atoms with van der Waals surface area (Å²) in [5.74, 6) is 1.28. The van der Waals surface area contributed by atoms with E-state index in [9.17, 15) is 9.59 Å². The van der Waals surface area contributed by atoms with Crippen LogP contribution in [0.3, 0.4) is 0 Å². The zero-order valence-corrected chi connectivity index (χ0v) is 20.1. The highest BCUT2D eigenvalue weighted by Gasteiger charge is 2.32. The Morgan fingerprint density at radius 3 is 2.47 bits per heavy atom. The Hall–Kier alpha value is -1.84. The zero-order valence-electron chi connectivity index (χ0n) is 17.7. The second kappa shape index (κ2) is 12.8. The van der Waals surface area contributed by atoms with E-state index in [1.807, 2.05) is 35.2 Å². The number of rotatable bonds is 7. The molecule has 0 aromatic heterocycles. The molecule has 7 nitrogen and oxygen atoms in total. The first kappa shape index (κ1) is 24.4. The molecule has 1 unspecified atom stereocenters. The molecule has 1 aromatic rings. The highest BCUT2D eigenvalue weighted by molar-refractivity contribution is 14.0. The van der Waals surface area contributed by atoms with Gasteiger partial charge in [0.1, 0.15) is 0 Å². The third-order valence-corrected chi connectivity index (χ3v) is 5.74. The molecule has 166 valence electrons. The molecule has 3 N–H and O–H groups in total. The Bertz CT molecular complexity index is 707. The van der Waals surface area contributed by atoms with Crippen molar-refractivity contribution in [2.75, 3.05) is 33.2 Å². The van der Waals surface area contributed by atoms with Crippen molar-refractivity contribution in [1.29, 1.82) is 0 Å². The molecule has 1 aliphatic carbocycles. The maximum Gasteiger partial charge on any atom is 0.251 e. The summed E-state index contributed by atoms with van der Waals surface area (Å²) in [5, 5.41) is 9.64. The van der Waals surface area contributed by atoms with E-state index in [1.165, 1.54) is 12.8 Å². The van der Waals surface area contributed by atoms with Gasteiger partial charge in [-0.2, -0.15) is 0 Å². The van der Waals surface area contributed by atoms with Gasteiger partial charge in [0.15, 0.2) is 5.96 Å². The average Bonchev–Trinajstić information content (AvgIpc) is 3.45. The van der Waals surface area contributed by atoms with E-state index in [-0.39, 0.29) is 41.8 Å². The number of carbonyl (C=O) groups is 2. The third kappa shape index (κ3) is 7.14. The minimum atomic E-state index is -0.0499. The van der Waals surface area contributed by atoms with Crippen LogP contribution in [0.2, 0.25) is 0 Å². The van der Waals surface area contributed by atoms with Gasteiger partial charge in [-0.1, -0.05) is 31.0 Å². The maximum atomic E-state index is 12.6. The lowest BCUT2D eigenvalue weighted by molar-refractivity contribution is -0.134. The molecule has 2 fully saturated rings. The number of aliphatic imine (C=N–C) groups is 1. The van der Waals surface area contributed by atoms with Gasteiger partial charge in [-0.3, -0.25) is 14.6 Å². The van der Waals surface area contributed by atoms with Gasteiger partial charge in [0.25, 0.3) is 5.91 Å². The van der Waals surface area contributed by atoms with Crippen LogP contribution in [0.5, 0.6) is 0 Å². The molecular formula is C22H34IN5O2. The van der Waals surface area contributed by atoms with E-state index in [2.05, 4.69) is 20.9 Å². The number of likely N-dealkylation sites (tertiary alicyclic amines) is 1. The van der Waals surface area contributed by atoms with Crippen molar-refractivity contribution in [3.8, 4) is 0 Å². The summed E-state index contributed by atoms with van der Waals surface area (Å²) in [4.78, 5) is 30.9. The van der Waals surface area contributed by atoms with Crippen molar-refractivity contribution in [2.24, 2.45) is 10.9 Å². The molecule has 1 saturated carbocycles. The Labute approximate surface area is 196 Å². The largest absolute Gasteiger partial charge is 0.356 e. The minimum absolute atomic E-state index is 0. The lowest BCUT2D eigenvalue weighted by Gasteiger charge is -2.21. The number of hydrogen-bond donors (Lipinski definition) is 3. The van der Waals surface area contributed by atoms with E-state index >= 15 is 0 Å². The predicted molar refractivity (Wildman–Crippen MR) is 130 cm³/mol. The number of hydrogen-bond acceptors (Lipinski definition) is 3. The summed E-state index contributed by atoms with van der Waals surface area (Å²) in [6.07, 6.45) is 6.24. The van der Waals surface area contributed by atoms with Crippen molar-refractivity contribution in [3.63, 3.8) is 0 Å². The minimum Gasteiger partial charge on any atom is -0.356 e. The molecule has 1 heterocycles. The van der Waals surface area contributed by atoms with Crippen LogP contribution in [0.15, 0.2) is 35.3 Å². The van der Waals surface area contributed by atoms with Gasteiger partial charge in [0.05, 0.1) is 0 Å². The maximum absolute atomic E-state index is 12.6. The van der Waals surface area contributed by atoms with Crippen LogP contribution in [-0.2, 0) is 4.79 Å². The summed E-state index contributed by atoms with van der Waals surface area (Å²) in [6.45, 7) is 2.90. The molecule has 1 aliphatic heterocycles. The monoisotopic (exact) mass is 527 g/mol. The van der Waals surface area contributed by atoms with Gasteiger partial charge < -0.3 is 20.9 Å². The van der Waals surface area contributed by atoms with Gasteiger partial charge in [-0.15, -0.1) is 24.0 Å². The number of nitrogens with zero attached hydrogens (tertiary/aromatic N) is 2. The van der Waals surface area contributed by atoms with Crippen LogP contribution in [-0.4, -0.2) is 61.9 Å². The lowest BCUT2D eigenvalue weighted by Crippen LogP contribution is -2.46. The first-order valence-electron chi connectivity index (χ1n) is 10.8. The summed E-state index contributed by atoms with van der Waals surface area (Å²) in [7, 11) is 1.75. The summed E-state index contributed by atoms with van der Waals surface area (Å²) < 4.78 is 0. The summed E-state index contributed by atoms with van der Waals surface area (Å²) in [5.41, 5.74) is 0.677. The smallest absolute Gasteiger partial charge is 0.251 e. The molecule has 1 atom stereocenters. The molecule has 30 heavy (non-hydrogen) atoms. The molecule has 0 bridgehead atoms. The summed E-state index contributed by atoms with van der Waals surface area (Å²) in [6, 6.07) is 9.47. The average molecular weight is 527 g/mol. The molecule has 0 radical (unpaired) electrons. The zero-order chi connectivity index (χ0) is 20.5. The fourth-order valence-corrected chi connectivity index (χ4v) is 4.09. The summed E-state index contributed by atoms with van der Waals surface area (Å²) >= 11 is 0. The topological polar surface area (TPSA) is 85.8 Å². The number of carbonyl (C=O) groups excluding carboxylic acids is 2. The van der Waals surface area contributed by atoms with Crippen LogP contribution in [0.25, 0.3) is 0 Å². The lowest BCUT2D eigenvalue weighted by atomic mass is 10.1. The van der Waals surface area contributed by atoms with Crippen molar-refractivity contribution < 1.29 is 9.59 Å². The van der Waals surface area contributed by atoms with Gasteiger partial charge in [0, 0.05) is 50.7 Å². The Morgan fingerprint density at radius 1 is 1.07 bits per heavy atom. The fraction of sp³-hybridized carbons (Fsp3) is 0.591. The van der Waals surface area contributed by atoms with Crippen molar-refractivity contribution in [2.45, 2.75) is 44.6 Å². The molecule has 0 spiro atoms. The third-order valence-electron chi connectivity index (χ3n) is 5.74. The van der Waals surface area contributed by atoms with Gasteiger partial charge in [-0.05, 0) is 37.8 Å². The number of halogens is 1. The van der Waals surface area contributed by atoms with E-state index in [0.29, 0.717) is 24.6 Å². The van der Waals surface area contributed by atoms with Gasteiger partial charge >= 0.3 is 0 Å². The molecule has 1 saturated heterocycles. The number of nitrogens with one attached hydrogen (secondary N) is 3. The Kier molecular flexibility index (Phi) is 10.4. The van der Waals surface area contributed by atoms with E-state index in [0.717, 1.165) is 44.7 Å². The molecule has 3 rings (SSSR count). The SMILES string of the molecule is CN=C(NCCCNC(=O)c1ccccc1)NC1CCN(C(=O)C2CCCC2)C1.I.